The lowest BCUT2D eigenvalue weighted by atomic mass is 10.0. The minimum Gasteiger partial charge on any atom is -0.464 e. The van der Waals surface area contributed by atoms with Gasteiger partial charge in [0.2, 0.25) is 0 Å². The Morgan fingerprint density at radius 3 is 2.90 bits per heavy atom. The highest BCUT2D eigenvalue weighted by Gasteiger charge is 2.29. The smallest absolute Gasteiger partial charge is 0.357 e. The zero-order valence-electron chi connectivity index (χ0n) is 12.1. The molecule has 1 aliphatic heterocycles. The Morgan fingerprint density at radius 1 is 1.35 bits per heavy atom. The van der Waals surface area contributed by atoms with E-state index in [0.29, 0.717) is 11.6 Å². The molecule has 1 aliphatic carbocycles. The molecule has 0 radical (unpaired) electrons. The summed E-state index contributed by atoms with van der Waals surface area (Å²) in [5, 5.41) is 3.31. The van der Waals surface area contributed by atoms with E-state index in [4.69, 9.17) is 9.72 Å². The number of nitrogens with zero attached hydrogens (tertiary/aromatic N) is 2. The van der Waals surface area contributed by atoms with Gasteiger partial charge >= 0.3 is 5.97 Å². The van der Waals surface area contributed by atoms with Crippen LogP contribution < -0.4 is 5.32 Å². The first-order valence-corrected chi connectivity index (χ1v) is 7.37. The van der Waals surface area contributed by atoms with Crippen molar-refractivity contribution in [2.24, 2.45) is 5.92 Å². The molecule has 108 valence electrons. The quantitative estimate of drug-likeness (QED) is 0.834. The van der Waals surface area contributed by atoms with Gasteiger partial charge in [0.1, 0.15) is 5.82 Å². The van der Waals surface area contributed by atoms with Gasteiger partial charge in [0, 0.05) is 18.0 Å². The van der Waals surface area contributed by atoms with Crippen molar-refractivity contribution in [2.75, 3.05) is 13.7 Å². The van der Waals surface area contributed by atoms with Crippen LogP contribution in [-0.4, -0.2) is 29.6 Å². The summed E-state index contributed by atoms with van der Waals surface area (Å²) in [4.78, 5) is 21.3. The van der Waals surface area contributed by atoms with E-state index < -0.39 is 0 Å². The molecular formula is C15H21N3O2. The van der Waals surface area contributed by atoms with E-state index >= 15 is 0 Å². The first-order valence-electron chi connectivity index (χ1n) is 7.37. The van der Waals surface area contributed by atoms with Crippen LogP contribution in [0.5, 0.6) is 0 Å². The fraction of sp³-hybridized carbons (Fsp3) is 0.667. The summed E-state index contributed by atoms with van der Waals surface area (Å²) in [6, 6.07) is 0. The van der Waals surface area contributed by atoms with Crippen LogP contribution in [0.25, 0.3) is 0 Å². The highest BCUT2D eigenvalue weighted by atomic mass is 16.5. The molecular weight excluding hydrogens is 254 g/mol. The maximum absolute atomic E-state index is 12.0. The molecule has 20 heavy (non-hydrogen) atoms. The van der Waals surface area contributed by atoms with Gasteiger partial charge in [-0.2, -0.15) is 0 Å². The second-order valence-corrected chi connectivity index (χ2v) is 5.89. The molecule has 2 aliphatic rings. The third-order valence-electron chi connectivity index (χ3n) is 4.39. The second-order valence-electron chi connectivity index (χ2n) is 5.89. The number of carbonyl (C=O) groups excluding carboxylic acids is 1. The Balaban J connectivity index is 2.01. The van der Waals surface area contributed by atoms with Crippen molar-refractivity contribution in [3.05, 3.63) is 22.8 Å². The maximum Gasteiger partial charge on any atom is 0.357 e. The minimum absolute atomic E-state index is 0.335. The van der Waals surface area contributed by atoms with Crippen molar-refractivity contribution in [3.63, 3.8) is 0 Å². The van der Waals surface area contributed by atoms with E-state index in [1.165, 1.54) is 13.5 Å². The summed E-state index contributed by atoms with van der Waals surface area (Å²) >= 11 is 0. The van der Waals surface area contributed by atoms with E-state index in [1.807, 2.05) is 0 Å². The predicted octanol–water partition coefficient (Wildman–Crippen LogP) is 1.81. The third kappa shape index (κ3) is 2.42. The van der Waals surface area contributed by atoms with Gasteiger partial charge in [-0.3, -0.25) is 0 Å². The molecule has 2 unspecified atom stereocenters. The van der Waals surface area contributed by atoms with E-state index in [9.17, 15) is 4.79 Å². The molecule has 0 spiro atoms. The van der Waals surface area contributed by atoms with Crippen LogP contribution in [0.15, 0.2) is 0 Å². The molecule has 1 N–H and O–H groups in total. The lowest BCUT2D eigenvalue weighted by Gasteiger charge is -2.20. The normalized spacial score (nSPS) is 25.3. The molecule has 0 saturated heterocycles. The van der Waals surface area contributed by atoms with Crippen LogP contribution in [-0.2, 0) is 17.7 Å². The number of ether oxygens (including phenoxy) is 1. The highest BCUT2D eigenvalue weighted by molar-refractivity contribution is 5.89. The maximum atomic E-state index is 12.0. The van der Waals surface area contributed by atoms with Crippen LogP contribution in [0, 0.1) is 5.92 Å². The lowest BCUT2D eigenvalue weighted by molar-refractivity contribution is 0.0591. The van der Waals surface area contributed by atoms with Crippen LogP contribution in [0.2, 0.25) is 0 Å². The summed E-state index contributed by atoms with van der Waals surface area (Å²) in [6.07, 6.45) is 4.25. The number of rotatable bonds is 2. The molecule has 0 bridgehead atoms. The van der Waals surface area contributed by atoms with Crippen molar-refractivity contribution in [1.29, 1.82) is 0 Å². The first-order chi connectivity index (χ1) is 9.69. The lowest BCUT2D eigenvalue weighted by Crippen LogP contribution is -2.29. The average Bonchev–Trinajstić information content (AvgIpc) is 2.92. The van der Waals surface area contributed by atoms with Crippen LogP contribution >= 0.6 is 0 Å². The Morgan fingerprint density at radius 2 is 2.20 bits per heavy atom. The zero-order chi connectivity index (χ0) is 14.1. The first kappa shape index (κ1) is 13.5. The number of aromatic nitrogens is 2. The number of fused-ring (bicyclic) bond motifs is 1. The SMILES string of the molecule is COC(=O)c1nc(C2CCC(C)C2)nc2c1CCNC2. The highest BCUT2D eigenvalue weighted by Crippen LogP contribution is 2.37. The average molecular weight is 275 g/mol. The Bertz CT molecular complexity index is 530. The second kappa shape index (κ2) is 5.48. The van der Waals surface area contributed by atoms with Crippen LogP contribution in [0.1, 0.15) is 59.7 Å². The molecule has 1 fully saturated rings. The Kier molecular flexibility index (Phi) is 3.70. The molecule has 1 saturated carbocycles. The molecule has 5 nitrogen and oxygen atoms in total. The molecule has 3 rings (SSSR count). The van der Waals surface area contributed by atoms with E-state index in [1.54, 1.807) is 0 Å². The number of methoxy groups -OCH3 is 1. The van der Waals surface area contributed by atoms with E-state index in [2.05, 4.69) is 17.2 Å². The summed E-state index contributed by atoms with van der Waals surface area (Å²) in [7, 11) is 1.41. The summed E-state index contributed by atoms with van der Waals surface area (Å²) in [6.45, 7) is 3.85. The Hall–Kier alpha value is -1.49. The number of esters is 1. The van der Waals surface area contributed by atoms with Gasteiger partial charge < -0.3 is 10.1 Å². The van der Waals surface area contributed by atoms with E-state index in [-0.39, 0.29) is 5.97 Å². The van der Waals surface area contributed by atoms with Crippen LogP contribution in [0.3, 0.4) is 0 Å². The fourth-order valence-corrected chi connectivity index (χ4v) is 3.27. The van der Waals surface area contributed by atoms with Crippen LogP contribution in [0.4, 0.5) is 0 Å². The number of hydrogen-bond donors (Lipinski definition) is 1. The molecule has 0 amide bonds. The van der Waals surface area contributed by atoms with Gasteiger partial charge in [-0.05, 0) is 38.1 Å². The standard InChI is InChI=1S/C15H21N3O2/c1-9-3-4-10(7-9)14-17-12-8-16-6-5-11(12)13(18-14)15(19)20-2/h9-10,16H,3-8H2,1-2H3. The van der Waals surface area contributed by atoms with Crippen molar-refractivity contribution in [2.45, 2.75) is 45.1 Å². The number of nitrogens with one attached hydrogen (secondary N) is 1. The predicted molar refractivity (Wildman–Crippen MR) is 74.5 cm³/mol. The van der Waals surface area contributed by atoms with Gasteiger partial charge in [-0.1, -0.05) is 6.92 Å². The van der Waals surface area contributed by atoms with Gasteiger partial charge in [-0.25, -0.2) is 14.8 Å². The van der Waals surface area contributed by atoms with E-state index in [0.717, 1.165) is 55.4 Å². The molecule has 0 aromatic carbocycles. The van der Waals surface area contributed by atoms with Gasteiger partial charge in [-0.15, -0.1) is 0 Å². The number of hydrogen-bond acceptors (Lipinski definition) is 5. The van der Waals surface area contributed by atoms with Gasteiger partial charge in [0.25, 0.3) is 0 Å². The van der Waals surface area contributed by atoms with Gasteiger partial charge in [0.15, 0.2) is 5.69 Å². The molecule has 1 aromatic rings. The Labute approximate surface area is 119 Å². The summed E-state index contributed by atoms with van der Waals surface area (Å²) in [5.41, 5.74) is 2.42. The third-order valence-corrected chi connectivity index (χ3v) is 4.39. The molecule has 5 heteroatoms. The summed E-state index contributed by atoms with van der Waals surface area (Å²) < 4.78 is 4.89. The van der Waals surface area contributed by atoms with Crippen molar-refractivity contribution < 1.29 is 9.53 Å². The number of carbonyl (C=O) groups is 1. The minimum atomic E-state index is -0.335. The fourth-order valence-electron chi connectivity index (χ4n) is 3.27. The molecule has 2 heterocycles. The van der Waals surface area contributed by atoms with Crippen molar-refractivity contribution in [1.82, 2.24) is 15.3 Å². The summed E-state index contributed by atoms with van der Waals surface area (Å²) in [5.74, 6) is 1.61. The topological polar surface area (TPSA) is 64.1 Å². The largest absolute Gasteiger partial charge is 0.464 e. The van der Waals surface area contributed by atoms with Crippen molar-refractivity contribution >= 4 is 5.97 Å². The van der Waals surface area contributed by atoms with Gasteiger partial charge in [0.05, 0.1) is 12.8 Å². The zero-order valence-corrected chi connectivity index (χ0v) is 12.1. The monoisotopic (exact) mass is 275 g/mol. The molecule has 1 aromatic heterocycles. The molecule has 2 atom stereocenters. The van der Waals surface area contributed by atoms with Crippen molar-refractivity contribution in [3.8, 4) is 0 Å².